The summed E-state index contributed by atoms with van der Waals surface area (Å²) in [5.74, 6) is 0. The lowest BCUT2D eigenvalue weighted by Crippen LogP contribution is -2.53. The van der Waals surface area contributed by atoms with Gasteiger partial charge in [0.05, 0.1) is 0 Å². The second-order valence-corrected chi connectivity index (χ2v) is 4.28. The standard InChI is InChI=1S/C11H21NO2/c1-4-14-11(9-13)6-5-7-12(8-11)10(2)3/h9-10H,4-8H2,1-3H3. The van der Waals surface area contributed by atoms with Crippen LogP contribution in [0.1, 0.15) is 33.6 Å². The topological polar surface area (TPSA) is 29.5 Å². The van der Waals surface area contributed by atoms with Crippen molar-refractivity contribution in [3.63, 3.8) is 0 Å². The minimum atomic E-state index is -0.530. The Labute approximate surface area is 86.4 Å². The van der Waals surface area contributed by atoms with E-state index in [-0.39, 0.29) is 0 Å². The van der Waals surface area contributed by atoms with Gasteiger partial charge in [0.25, 0.3) is 0 Å². The highest BCUT2D eigenvalue weighted by Crippen LogP contribution is 2.24. The van der Waals surface area contributed by atoms with E-state index in [0.717, 1.165) is 32.2 Å². The first kappa shape index (κ1) is 11.7. The van der Waals surface area contributed by atoms with Crippen LogP contribution in [0, 0.1) is 0 Å². The van der Waals surface area contributed by atoms with E-state index >= 15 is 0 Å². The molecule has 1 fully saturated rings. The number of piperidine rings is 1. The summed E-state index contributed by atoms with van der Waals surface area (Å²) in [7, 11) is 0. The molecule has 0 spiro atoms. The predicted molar refractivity (Wildman–Crippen MR) is 56.4 cm³/mol. The molecule has 0 amide bonds. The molecule has 1 rings (SSSR count). The van der Waals surface area contributed by atoms with Crippen LogP contribution in [0.3, 0.4) is 0 Å². The molecular weight excluding hydrogens is 178 g/mol. The second-order valence-electron chi connectivity index (χ2n) is 4.28. The van der Waals surface area contributed by atoms with E-state index in [1.165, 1.54) is 0 Å². The molecule has 0 radical (unpaired) electrons. The van der Waals surface area contributed by atoms with Gasteiger partial charge in [-0.05, 0) is 40.2 Å². The van der Waals surface area contributed by atoms with Crippen LogP contribution in [0.5, 0.6) is 0 Å². The highest BCUT2D eigenvalue weighted by molar-refractivity contribution is 5.63. The van der Waals surface area contributed by atoms with Crippen LogP contribution in [0.15, 0.2) is 0 Å². The Balaban J connectivity index is 2.63. The molecule has 0 bridgehead atoms. The fourth-order valence-electron chi connectivity index (χ4n) is 2.06. The summed E-state index contributed by atoms with van der Waals surface area (Å²) in [6, 6.07) is 0.495. The maximum absolute atomic E-state index is 11.1. The lowest BCUT2D eigenvalue weighted by molar-refractivity contribution is -0.140. The van der Waals surface area contributed by atoms with E-state index in [2.05, 4.69) is 18.7 Å². The third-order valence-corrected chi connectivity index (χ3v) is 2.89. The average molecular weight is 199 g/mol. The monoisotopic (exact) mass is 199 g/mol. The summed E-state index contributed by atoms with van der Waals surface area (Å²) >= 11 is 0. The predicted octanol–water partition coefficient (Wildman–Crippen LogP) is 1.46. The Morgan fingerprint density at radius 2 is 2.29 bits per heavy atom. The van der Waals surface area contributed by atoms with E-state index in [9.17, 15) is 4.79 Å². The van der Waals surface area contributed by atoms with Crippen molar-refractivity contribution < 1.29 is 9.53 Å². The first-order valence-corrected chi connectivity index (χ1v) is 5.48. The van der Waals surface area contributed by atoms with Crippen LogP contribution >= 0.6 is 0 Å². The van der Waals surface area contributed by atoms with Gasteiger partial charge in [0.15, 0.2) is 6.29 Å². The number of carbonyl (C=O) groups is 1. The van der Waals surface area contributed by atoms with Crippen molar-refractivity contribution in [2.24, 2.45) is 0 Å². The van der Waals surface area contributed by atoms with Gasteiger partial charge in [0.2, 0.25) is 0 Å². The molecule has 0 aromatic carbocycles. The number of hydrogen-bond donors (Lipinski definition) is 0. The van der Waals surface area contributed by atoms with Gasteiger partial charge < -0.3 is 9.53 Å². The summed E-state index contributed by atoms with van der Waals surface area (Å²) in [5.41, 5.74) is -0.530. The van der Waals surface area contributed by atoms with E-state index in [1.54, 1.807) is 0 Å². The maximum Gasteiger partial charge on any atom is 0.153 e. The number of aldehydes is 1. The van der Waals surface area contributed by atoms with Crippen molar-refractivity contribution in [2.45, 2.75) is 45.3 Å². The maximum atomic E-state index is 11.1. The number of carbonyl (C=O) groups excluding carboxylic acids is 1. The Bertz CT molecular complexity index is 190. The summed E-state index contributed by atoms with van der Waals surface area (Å²) in [5, 5.41) is 0. The van der Waals surface area contributed by atoms with Gasteiger partial charge in [-0.2, -0.15) is 0 Å². The van der Waals surface area contributed by atoms with Gasteiger partial charge >= 0.3 is 0 Å². The Morgan fingerprint density at radius 3 is 2.79 bits per heavy atom. The molecule has 1 heterocycles. The number of likely N-dealkylation sites (tertiary alicyclic amines) is 1. The first-order valence-electron chi connectivity index (χ1n) is 5.48. The molecule has 3 nitrogen and oxygen atoms in total. The van der Waals surface area contributed by atoms with Gasteiger partial charge in [-0.1, -0.05) is 0 Å². The van der Waals surface area contributed by atoms with Gasteiger partial charge in [0, 0.05) is 19.2 Å². The molecule has 0 aromatic rings. The molecule has 82 valence electrons. The van der Waals surface area contributed by atoms with Crippen molar-refractivity contribution in [2.75, 3.05) is 19.7 Å². The normalized spacial score (nSPS) is 29.4. The zero-order valence-electron chi connectivity index (χ0n) is 9.45. The van der Waals surface area contributed by atoms with Crippen molar-refractivity contribution in [3.05, 3.63) is 0 Å². The molecule has 0 N–H and O–H groups in total. The quantitative estimate of drug-likeness (QED) is 0.642. The summed E-state index contributed by atoms with van der Waals surface area (Å²) < 4.78 is 5.59. The molecule has 3 heteroatoms. The average Bonchev–Trinajstić information content (AvgIpc) is 2.18. The van der Waals surface area contributed by atoms with Crippen LogP contribution in [-0.4, -0.2) is 42.5 Å². The van der Waals surface area contributed by atoms with E-state index < -0.39 is 5.60 Å². The van der Waals surface area contributed by atoms with Crippen LogP contribution < -0.4 is 0 Å². The minimum Gasteiger partial charge on any atom is -0.366 e. The molecular formula is C11H21NO2. The lowest BCUT2D eigenvalue weighted by Gasteiger charge is -2.40. The number of ether oxygens (including phenoxy) is 1. The van der Waals surface area contributed by atoms with Gasteiger partial charge in [0.1, 0.15) is 5.60 Å². The van der Waals surface area contributed by atoms with Crippen LogP contribution in [0.2, 0.25) is 0 Å². The molecule has 1 unspecified atom stereocenters. The molecule has 14 heavy (non-hydrogen) atoms. The Kier molecular flexibility index (Phi) is 4.08. The van der Waals surface area contributed by atoms with Crippen LogP contribution in [0.4, 0.5) is 0 Å². The highest BCUT2D eigenvalue weighted by atomic mass is 16.5. The molecule has 1 saturated heterocycles. The SMILES string of the molecule is CCOC1(C=O)CCCN(C(C)C)C1. The number of rotatable bonds is 4. The van der Waals surface area contributed by atoms with Gasteiger partial charge in [-0.3, -0.25) is 4.90 Å². The highest BCUT2D eigenvalue weighted by Gasteiger charge is 2.36. The molecule has 0 aliphatic carbocycles. The van der Waals surface area contributed by atoms with Gasteiger partial charge in [-0.25, -0.2) is 0 Å². The van der Waals surface area contributed by atoms with Gasteiger partial charge in [-0.15, -0.1) is 0 Å². The van der Waals surface area contributed by atoms with Crippen LogP contribution in [-0.2, 0) is 9.53 Å². The van der Waals surface area contributed by atoms with Crippen molar-refractivity contribution in [1.82, 2.24) is 4.90 Å². The Morgan fingerprint density at radius 1 is 1.57 bits per heavy atom. The lowest BCUT2D eigenvalue weighted by atomic mass is 9.93. The molecule has 1 aliphatic heterocycles. The zero-order chi connectivity index (χ0) is 10.6. The summed E-state index contributed by atoms with van der Waals surface area (Å²) in [4.78, 5) is 13.4. The van der Waals surface area contributed by atoms with E-state index in [0.29, 0.717) is 12.6 Å². The van der Waals surface area contributed by atoms with Crippen LogP contribution in [0.25, 0.3) is 0 Å². The molecule has 1 atom stereocenters. The molecule has 0 aromatic heterocycles. The fraction of sp³-hybridized carbons (Fsp3) is 0.909. The number of hydrogen-bond acceptors (Lipinski definition) is 3. The van der Waals surface area contributed by atoms with Crippen molar-refractivity contribution in [3.8, 4) is 0 Å². The van der Waals surface area contributed by atoms with E-state index in [4.69, 9.17) is 4.74 Å². The first-order chi connectivity index (χ1) is 6.63. The largest absolute Gasteiger partial charge is 0.366 e. The summed E-state index contributed by atoms with van der Waals surface area (Å²) in [6.07, 6.45) is 2.91. The molecule has 1 aliphatic rings. The third-order valence-electron chi connectivity index (χ3n) is 2.89. The van der Waals surface area contributed by atoms with Crippen molar-refractivity contribution >= 4 is 6.29 Å². The third kappa shape index (κ3) is 2.55. The second kappa shape index (κ2) is 4.89. The fourth-order valence-corrected chi connectivity index (χ4v) is 2.06. The minimum absolute atomic E-state index is 0.495. The zero-order valence-corrected chi connectivity index (χ0v) is 9.45. The number of nitrogens with zero attached hydrogens (tertiary/aromatic N) is 1. The summed E-state index contributed by atoms with van der Waals surface area (Å²) in [6.45, 7) is 8.71. The van der Waals surface area contributed by atoms with E-state index in [1.807, 2.05) is 6.92 Å². The van der Waals surface area contributed by atoms with Crippen molar-refractivity contribution in [1.29, 1.82) is 0 Å². The Hall–Kier alpha value is -0.410. The smallest absolute Gasteiger partial charge is 0.153 e. The molecule has 0 saturated carbocycles.